The molecule has 0 aromatic heterocycles. The first kappa shape index (κ1) is 19.1. The predicted molar refractivity (Wildman–Crippen MR) is 96.5 cm³/mol. The van der Waals surface area contributed by atoms with Crippen LogP contribution in [0.2, 0.25) is 0 Å². The van der Waals surface area contributed by atoms with Crippen molar-refractivity contribution >= 4 is 5.91 Å². The minimum atomic E-state index is -2.57. The van der Waals surface area contributed by atoms with Crippen LogP contribution in [0, 0.1) is 5.41 Å². The van der Waals surface area contributed by atoms with Gasteiger partial charge in [0.1, 0.15) is 11.2 Å². The molecule has 1 unspecified atom stereocenters. The Labute approximate surface area is 154 Å². The van der Waals surface area contributed by atoms with Crippen molar-refractivity contribution in [2.75, 3.05) is 33.3 Å². The molecule has 1 heterocycles. The van der Waals surface area contributed by atoms with Crippen LogP contribution in [0.25, 0.3) is 0 Å². The number of para-hydroxylation sites is 1. The molecule has 144 valence electrons. The monoisotopic (exact) mass is 366 g/mol. The van der Waals surface area contributed by atoms with Crippen LogP contribution < -0.4 is 4.74 Å². The van der Waals surface area contributed by atoms with E-state index in [1.165, 1.54) is 0 Å². The van der Waals surface area contributed by atoms with Gasteiger partial charge >= 0.3 is 0 Å². The molecule has 1 atom stereocenters. The summed E-state index contributed by atoms with van der Waals surface area (Å²) in [5.41, 5.74) is -0.328. The lowest BCUT2D eigenvalue weighted by atomic mass is 9.84. The summed E-state index contributed by atoms with van der Waals surface area (Å²) in [6, 6.07) is 8.07. The Hall–Kier alpha value is -1.69. The van der Waals surface area contributed by atoms with Crippen LogP contribution in [0.1, 0.15) is 44.2 Å². The molecular weight excluding hydrogens is 338 g/mol. The standard InChI is InChI=1S/C20H28F2N2O2/c1-15(16-7-3-4-8-17(16)26-2)23-11-13-24(14-12-23)19(25)20(18(21)22)9-5-6-10-20/h3-4,7-8,15,18H,5-6,9-14H2,1-2H3. The molecule has 1 aliphatic heterocycles. The fraction of sp³-hybridized carbons (Fsp3) is 0.650. The number of amides is 1. The van der Waals surface area contributed by atoms with Gasteiger partial charge in [-0.15, -0.1) is 0 Å². The highest BCUT2D eigenvalue weighted by molar-refractivity contribution is 5.83. The quantitative estimate of drug-likeness (QED) is 0.796. The van der Waals surface area contributed by atoms with Crippen LogP contribution in [-0.4, -0.2) is 55.4 Å². The zero-order valence-corrected chi connectivity index (χ0v) is 15.6. The summed E-state index contributed by atoms with van der Waals surface area (Å²) >= 11 is 0. The smallest absolute Gasteiger partial charge is 0.252 e. The highest BCUT2D eigenvalue weighted by Gasteiger charge is 2.51. The van der Waals surface area contributed by atoms with E-state index in [9.17, 15) is 13.6 Å². The van der Waals surface area contributed by atoms with Gasteiger partial charge in [-0.1, -0.05) is 31.0 Å². The zero-order chi connectivity index (χ0) is 18.7. The van der Waals surface area contributed by atoms with Crippen molar-refractivity contribution in [3.8, 4) is 5.75 Å². The van der Waals surface area contributed by atoms with Crippen LogP contribution >= 0.6 is 0 Å². The Balaban J connectivity index is 1.64. The second-order valence-corrected chi connectivity index (χ2v) is 7.41. The molecule has 1 aliphatic carbocycles. The molecule has 1 amide bonds. The van der Waals surface area contributed by atoms with Crippen LogP contribution in [0.15, 0.2) is 24.3 Å². The number of carbonyl (C=O) groups excluding carboxylic acids is 1. The number of nitrogens with zero attached hydrogens (tertiary/aromatic N) is 2. The average molecular weight is 366 g/mol. The fourth-order valence-corrected chi connectivity index (χ4v) is 4.37. The van der Waals surface area contributed by atoms with Gasteiger partial charge in [0.25, 0.3) is 6.43 Å². The number of benzene rings is 1. The molecule has 26 heavy (non-hydrogen) atoms. The maximum absolute atomic E-state index is 13.6. The van der Waals surface area contributed by atoms with Crippen LogP contribution in [0.5, 0.6) is 5.75 Å². The van der Waals surface area contributed by atoms with E-state index in [1.54, 1.807) is 12.0 Å². The molecule has 0 radical (unpaired) electrons. The number of methoxy groups -OCH3 is 1. The number of hydrogen-bond donors (Lipinski definition) is 0. The molecule has 0 N–H and O–H groups in total. The summed E-state index contributed by atoms with van der Waals surface area (Å²) < 4.78 is 32.7. The van der Waals surface area contributed by atoms with Gasteiger partial charge in [-0.2, -0.15) is 0 Å². The SMILES string of the molecule is COc1ccccc1C(C)N1CCN(C(=O)C2(C(F)F)CCCC2)CC1. The molecule has 2 aliphatic rings. The van der Waals surface area contributed by atoms with Gasteiger partial charge in [-0.3, -0.25) is 9.69 Å². The molecule has 4 nitrogen and oxygen atoms in total. The normalized spacial score (nSPS) is 21.8. The summed E-state index contributed by atoms with van der Waals surface area (Å²) in [6.45, 7) is 4.50. The summed E-state index contributed by atoms with van der Waals surface area (Å²) in [6.07, 6.45) is -0.479. The highest BCUT2D eigenvalue weighted by Crippen LogP contribution is 2.45. The van der Waals surface area contributed by atoms with Gasteiger partial charge in [0, 0.05) is 37.8 Å². The molecule has 1 aromatic rings. The fourth-order valence-electron chi connectivity index (χ4n) is 4.37. The summed E-state index contributed by atoms with van der Waals surface area (Å²) in [7, 11) is 1.66. The lowest BCUT2D eigenvalue weighted by Crippen LogP contribution is -2.54. The Kier molecular flexibility index (Phi) is 5.80. The average Bonchev–Trinajstić information content (AvgIpc) is 3.18. The number of ether oxygens (including phenoxy) is 1. The lowest BCUT2D eigenvalue weighted by molar-refractivity contribution is -0.154. The number of rotatable bonds is 5. The lowest BCUT2D eigenvalue weighted by Gasteiger charge is -2.41. The highest BCUT2D eigenvalue weighted by atomic mass is 19.3. The van der Waals surface area contributed by atoms with E-state index in [4.69, 9.17) is 4.74 Å². The van der Waals surface area contributed by atoms with Crippen LogP contribution in [0.3, 0.4) is 0 Å². The topological polar surface area (TPSA) is 32.8 Å². The molecule has 1 saturated carbocycles. The van der Waals surface area contributed by atoms with Crippen molar-refractivity contribution in [3.63, 3.8) is 0 Å². The van der Waals surface area contributed by atoms with Gasteiger partial charge in [0.15, 0.2) is 0 Å². The summed E-state index contributed by atoms with van der Waals surface area (Å²) in [5.74, 6) is 0.510. The molecule has 6 heteroatoms. The minimum absolute atomic E-state index is 0.152. The van der Waals surface area contributed by atoms with Crippen molar-refractivity contribution in [2.45, 2.75) is 45.1 Å². The molecule has 1 aromatic carbocycles. The molecular formula is C20H28F2N2O2. The molecule has 0 bridgehead atoms. The summed E-state index contributed by atoms with van der Waals surface area (Å²) in [4.78, 5) is 16.8. The first-order chi connectivity index (χ1) is 12.5. The van der Waals surface area contributed by atoms with Crippen molar-refractivity contribution in [1.29, 1.82) is 0 Å². The Bertz CT molecular complexity index is 624. The van der Waals surface area contributed by atoms with E-state index >= 15 is 0 Å². The minimum Gasteiger partial charge on any atom is -0.496 e. The third-order valence-corrected chi connectivity index (χ3v) is 6.08. The van der Waals surface area contributed by atoms with E-state index in [0.717, 1.165) is 24.2 Å². The van der Waals surface area contributed by atoms with Gasteiger partial charge in [0.2, 0.25) is 5.91 Å². The van der Waals surface area contributed by atoms with Crippen LogP contribution in [-0.2, 0) is 4.79 Å². The number of hydrogen-bond acceptors (Lipinski definition) is 3. The third-order valence-electron chi connectivity index (χ3n) is 6.08. The van der Waals surface area contributed by atoms with Gasteiger partial charge in [-0.25, -0.2) is 8.78 Å². The molecule has 2 fully saturated rings. The Morgan fingerprint density at radius 2 is 1.73 bits per heavy atom. The zero-order valence-electron chi connectivity index (χ0n) is 15.6. The number of piperazine rings is 1. The number of alkyl halides is 2. The maximum Gasteiger partial charge on any atom is 0.252 e. The van der Waals surface area contributed by atoms with Crippen molar-refractivity contribution in [1.82, 2.24) is 9.80 Å². The predicted octanol–water partition coefficient (Wildman–Crippen LogP) is 3.73. The molecule has 0 spiro atoms. The molecule has 3 rings (SSSR count). The number of halogens is 2. The second kappa shape index (κ2) is 7.91. The van der Waals surface area contributed by atoms with E-state index in [1.807, 2.05) is 24.3 Å². The van der Waals surface area contributed by atoms with Crippen molar-refractivity contribution in [2.24, 2.45) is 5.41 Å². The summed E-state index contributed by atoms with van der Waals surface area (Å²) in [5, 5.41) is 0. The van der Waals surface area contributed by atoms with E-state index < -0.39 is 11.8 Å². The van der Waals surface area contributed by atoms with E-state index in [2.05, 4.69) is 11.8 Å². The first-order valence-electron chi connectivity index (χ1n) is 9.44. The van der Waals surface area contributed by atoms with Gasteiger partial charge < -0.3 is 9.64 Å². The van der Waals surface area contributed by atoms with E-state index in [-0.39, 0.29) is 11.9 Å². The first-order valence-corrected chi connectivity index (χ1v) is 9.44. The van der Waals surface area contributed by atoms with Crippen molar-refractivity contribution in [3.05, 3.63) is 29.8 Å². The maximum atomic E-state index is 13.6. The molecule has 1 saturated heterocycles. The van der Waals surface area contributed by atoms with Gasteiger partial charge in [0.05, 0.1) is 7.11 Å². The Morgan fingerprint density at radius 1 is 1.12 bits per heavy atom. The van der Waals surface area contributed by atoms with Crippen LogP contribution in [0.4, 0.5) is 8.78 Å². The van der Waals surface area contributed by atoms with Crippen molar-refractivity contribution < 1.29 is 18.3 Å². The number of carbonyl (C=O) groups is 1. The largest absolute Gasteiger partial charge is 0.496 e. The van der Waals surface area contributed by atoms with E-state index in [0.29, 0.717) is 39.0 Å². The third kappa shape index (κ3) is 3.43. The second-order valence-electron chi connectivity index (χ2n) is 7.41. The van der Waals surface area contributed by atoms with Gasteiger partial charge in [-0.05, 0) is 25.8 Å². The Morgan fingerprint density at radius 3 is 2.31 bits per heavy atom.